The predicted molar refractivity (Wildman–Crippen MR) is 94.0 cm³/mol. The van der Waals surface area contributed by atoms with Gasteiger partial charge in [-0.15, -0.1) is 0 Å². The molecule has 2 aromatic carbocycles. The standard InChI is InChI=1S/C17H15AsN4/c1-10-6-8-11(9-7-10)19-17-14-15(21-22-16(14)18)12-4-2-3-5-13(12)20-17/h2-9H,18H2,1H3,(H,19,20)(H,21,22). The van der Waals surface area contributed by atoms with Crippen molar-refractivity contribution in [3.63, 3.8) is 0 Å². The summed E-state index contributed by atoms with van der Waals surface area (Å²) in [5.74, 6) is 0.852. The first-order valence-corrected chi connectivity index (χ1v) is 8.29. The molecule has 0 radical (unpaired) electrons. The molecule has 2 heterocycles. The van der Waals surface area contributed by atoms with E-state index in [1.165, 1.54) is 22.4 Å². The van der Waals surface area contributed by atoms with Crippen molar-refractivity contribution in [1.82, 2.24) is 15.2 Å². The monoisotopic (exact) mass is 350 g/mol. The van der Waals surface area contributed by atoms with Crippen LogP contribution >= 0.6 is 0 Å². The number of anilines is 2. The summed E-state index contributed by atoms with van der Waals surface area (Å²) in [4.78, 5) is 4.79. The Bertz CT molecular complexity index is 973. The second kappa shape index (κ2) is 5.15. The Hall–Kier alpha value is -2.32. The zero-order valence-corrected chi connectivity index (χ0v) is 14.5. The summed E-state index contributed by atoms with van der Waals surface area (Å²) in [6.07, 6.45) is 0. The molecule has 5 heteroatoms. The molecule has 1 atom stereocenters. The van der Waals surface area contributed by atoms with E-state index in [4.69, 9.17) is 4.98 Å². The van der Waals surface area contributed by atoms with Gasteiger partial charge in [0.15, 0.2) is 0 Å². The van der Waals surface area contributed by atoms with Gasteiger partial charge in [0, 0.05) is 0 Å². The van der Waals surface area contributed by atoms with Crippen LogP contribution in [0.1, 0.15) is 5.56 Å². The second-order valence-electron chi connectivity index (χ2n) is 5.33. The topological polar surface area (TPSA) is 53.6 Å². The predicted octanol–water partition coefficient (Wildman–Crippen LogP) is 2.42. The van der Waals surface area contributed by atoms with Crippen molar-refractivity contribution in [2.45, 2.75) is 6.92 Å². The van der Waals surface area contributed by atoms with Crippen molar-refractivity contribution in [3.05, 3.63) is 54.1 Å². The van der Waals surface area contributed by atoms with Gasteiger partial charge >= 0.3 is 136 Å². The molecule has 1 unspecified atom stereocenters. The van der Waals surface area contributed by atoms with Crippen LogP contribution in [0.25, 0.3) is 21.8 Å². The minimum atomic E-state index is 0.852. The molecule has 0 saturated carbocycles. The van der Waals surface area contributed by atoms with Gasteiger partial charge in [0.25, 0.3) is 0 Å². The molecule has 0 amide bonds. The maximum absolute atomic E-state index is 4.79. The number of aryl methyl sites for hydroxylation is 1. The summed E-state index contributed by atoms with van der Waals surface area (Å²) >= 11 is 1.49. The summed E-state index contributed by atoms with van der Waals surface area (Å²) < 4.78 is 1.01. The third-order valence-corrected chi connectivity index (χ3v) is 4.63. The van der Waals surface area contributed by atoms with Crippen LogP contribution in [0, 0.1) is 6.92 Å². The molecular formula is C17H15AsN4. The average molecular weight is 350 g/mol. The second-order valence-corrected chi connectivity index (χ2v) is 6.47. The van der Waals surface area contributed by atoms with Crippen LogP contribution in [0.4, 0.5) is 11.5 Å². The summed E-state index contributed by atoms with van der Waals surface area (Å²) in [5, 5.41) is 13.1. The van der Waals surface area contributed by atoms with Gasteiger partial charge in [-0.05, 0) is 0 Å². The molecule has 0 aliphatic carbocycles. The number of aromatic amines is 1. The molecule has 108 valence electrons. The Morgan fingerprint density at radius 3 is 2.64 bits per heavy atom. The third kappa shape index (κ3) is 2.16. The van der Waals surface area contributed by atoms with Gasteiger partial charge in [0.05, 0.1) is 0 Å². The van der Waals surface area contributed by atoms with E-state index >= 15 is 0 Å². The molecule has 0 aliphatic rings. The van der Waals surface area contributed by atoms with Gasteiger partial charge in [-0.1, -0.05) is 0 Å². The fourth-order valence-electron chi connectivity index (χ4n) is 2.61. The van der Waals surface area contributed by atoms with Crippen molar-refractivity contribution in [2.24, 2.45) is 0 Å². The van der Waals surface area contributed by atoms with Crippen LogP contribution in [0.5, 0.6) is 0 Å². The van der Waals surface area contributed by atoms with E-state index in [-0.39, 0.29) is 0 Å². The molecule has 0 aliphatic heterocycles. The molecule has 0 fully saturated rings. The number of fused-ring (bicyclic) bond motifs is 3. The number of nitrogens with one attached hydrogen (secondary N) is 2. The zero-order valence-electron chi connectivity index (χ0n) is 12.1. The van der Waals surface area contributed by atoms with Crippen molar-refractivity contribution in [3.8, 4) is 0 Å². The van der Waals surface area contributed by atoms with Gasteiger partial charge in [-0.25, -0.2) is 0 Å². The van der Waals surface area contributed by atoms with Crippen LogP contribution in [-0.4, -0.2) is 32.0 Å². The van der Waals surface area contributed by atoms with Crippen molar-refractivity contribution in [1.29, 1.82) is 0 Å². The number of nitrogens with zero attached hydrogens (tertiary/aromatic N) is 2. The number of benzene rings is 2. The molecule has 22 heavy (non-hydrogen) atoms. The van der Waals surface area contributed by atoms with E-state index in [9.17, 15) is 0 Å². The first kappa shape index (κ1) is 13.3. The fraction of sp³-hybridized carbons (Fsp3) is 0.0588. The maximum atomic E-state index is 4.79. The van der Waals surface area contributed by atoms with Gasteiger partial charge < -0.3 is 0 Å². The summed E-state index contributed by atoms with van der Waals surface area (Å²) in [6.45, 7) is 2.08. The summed E-state index contributed by atoms with van der Waals surface area (Å²) in [6, 6.07) is 16.4. The Morgan fingerprint density at radius 2 is 1.82 bits per heavy atom. The van der Waals surface area contributed by atoms with Crippen molar-refractivity contribution in [2.75, 3.05) is 5.32 Å². The molecule has 4 rings (SSSR count). The quantitative estimate of drug-likeness (QED) is 0.546. The normalized spacial score (nSPS) is 11.2. The molecule has 4 aromatic rings. The van der Waals surface area contributed by atoms with Gasteiger partial charge in [0.1, 0.15) is 0 Å². The number of pyridine rings is 1. The Morgan fingerprint density at radius 1 is 1.05 bits per heavy atom. The summed E-state index contributed by atoms with van der Waals surface area (Å²) in [7, 11) is 0. The average Bonchev–Trinajstić information content (AvgIpc) is 2.92. The third-order valence-electron chi connectivity index (χ3n) is 3.75. The van der Waals surface area contributed by atoms with E-state index in [2.05, 4.69) is 52.8 Å². The van der Waals surface area contributed by atoms with Crippen LogP contribution in [0.2, 0.25) is 0 Å². The molecular weight excluding hydrogens is 335 g/mol. The fourth-order valence-corrected chi connectivity index (χ4v) is 3.34. The van der Waals surface area contributed by atoms with Crippen LogP contribution < -0.4 is 9.80 Å². The van der Waals surface area contributed by atoms with E-state index in [1.54, 1.807) is 0 Å². The van der Waals surface area contributed by atoms with Crippen LogP contribution in [0.15, 0.2) is 48.5 Å². The number of aromatic nitrogens is 3. The molecule has 4 nitrogen and oxygen atoms in total. The Balaban J connectivity index is 1.94. The zero-order chi connectivity index (χ0) is 15.1. The molecule has 0 bridgehead atoms. The Labute approximate surface area is 136 Å². The first-order chi connectivity index (χ1) is 10.7. The van der Waals surface area contributed by atoms with Crippen LogP contribution in [-0.2, 0) is 0 Å². The molecule has 2 N–H and O–H groups in total. The Kier molecular flexibility index (Phi) is 3.12. The van der Waals surface area contributed by atoms with E-state index in [0.29, 0.717) is 0 Å². The van der Waals surface area contributed by atoms with E-state index < -0.39 is 0 Å². The first-order valence-electron chi connectivity index (χ1n) is 7.08. The summed E-state index contributed by atoms with van der Waals surface area (Å²) in [5.41, 5.74) is 4.27. The van der Waals surface area contributed by atoms with Crippen molar-refractivity contribution < 1.29 is 0 Å². The molecule has 0 saturated heterocycles. The number of rotatable bonds is 2. The minimum absolute atomic E-state index is 0.852. The number of H-pyrrole nitrogens is 1. The number of para-hydroxylation sites is 1. The van der Waals surface area contributed by atoms with Crippen molar-refractivity contribution >= 4 is 54.6 Å². The van der Waals surface area contributed by atoms with Crippen LogP contribution in [0.3, 0.4) is 0 Å². The molecule has 2 aromatic heterocycles. The SMILES string of the molecule is Cc1ccc(Nc2nc3ccccc3c3[nH]nc([AsH2])c23)cc1. The van der Waals surface area contributed by atoms with Gasteiger partial charge in [0.2, 0.25) is 0 Å². The molecule has 0 spiro atoms. The van der Waals surface area contributed by atoms with Gasteiger partial charge in [-0.2, -0.15) is 0 Å². The van der Waals surface area contributed by atoms with E-state index in [0.717, 1.165) is 37.8 Å². The number of hydrogen-bond donors (Lipinski definition) is 2. The van der Waals surface area contributed by atoms with Gasteiger partial charge in [-0.3, -0.25) is 0 Å². The van der Waals surface area contributed by atoms with E-state index in [1.807, 2.05) is 18.2 Å². The number of hydrogen-bond acceptors (Lipinski definition) is 3.